The number of rotatable bonds is 4. The number of thiocarbonyl (C=S) groups is 1. The maximum absolute atomic E-state index is 12.0. The summed E-state index contributed by atoms with van der Waals surface area (Å²) < 4.78 is 0. The van der Waals surface area contributed by atoms with Gasteiger partial charge in [-0.3, -0.25) is 4.79 Å². The highest BCUT2D eigenvalue weighted by atomic mass is 32.1. The van der Waals surface area contributed by atoms with E-state index in [0.29, 0.717) is 18.0 Å². The average molecular weight is 242 g/mol. The second-order valence-corrected chi connectivity index (χ2v) is 5.82. The second kappa shape index (κ2) is 5.62. The molecule has 0 aliphatic heterocycles. The van der Waals surface area contributed by atoms with E-state index in [9.17, 15) is 4.79 Å². The van der Waals surface area contributed by atoms with E-state index in [0.717, 1.165) is 19.3 Å². The Morgan fingerprint density at radius 1 is 1.50 bits per heavy atom. The van der Waals surface area contributed by atoms with Gasteiger partial charge in [0, 0.05) is 18.9 Å². The predicted molar refractivity (Wildman–Crippen MR) is 70.2 cm³/mol. The molecular formula is C12H22N2OS. The fraction of sp³-hybridized carbons (Fsp3) is 0.833. The fourth-order valence-corrected chi connectivity index (χ4v) is 2.51. The van der Waals surface area contributed by atoms with Crippen LogP contribution in [0.5, 0.6) is 0 Å². The van der Waals surface area contributed by atoms with Crippen LogP contribution < -0.4 is 11.1 Å². The minimum atomic E-state index is 0.131. The molecule has 0 spiro atoms. The molecule has 92 valence electrons. The zero-order valence-corrected chi connectivity index (χ0v) is 11.0. The molecule has 0 radical (unpaired) electrons. The molecule has 0 aromatic rings. The Morgan fingerprint density at radius 2 is 2.19 bits per heavy atom. The van der Waals surface area contributed by atoms with E-state index in [2.05, 4.69) is 19.2 Å². The summed E-state index contributed by atoms with van der Waals surface area (Å²) in [5.41, 5.74) is 5.52. The molecule has 0 aromatic carbocycles. The first-order valence-electron chi connectivity index (χ1n) is 5.99. The van der Waals surface area contributed by atoms with Crippen molar-refractivity contribution in [2.24, 2.45) is 17.1 Å². The normalized spacial score (nSPS) is 23.8. The monoisotopic (exact) mass is 242 g/mol. The summed E-state index contributed by atoms with van der Waals surface area (Å²) in [4.78, 5) is 12.5. The summed E-state index contributed by atoms with van der Waals surface area (Å²) in [6, 6.07) is 0. The van der Waals surface area contributed by atoms with Crippen LogP contribution in [-0.2, 0) is 4.79 Å². The molecule has 1 fully saturated rings. The third-order valence-electron chi connectivity index (χ3n) is 3.49. The number of hydrogen-bond acceptors (Lipinski definition) is 2. The Labute approximate surface area is 103 Å². The molecule has 1 amide bonds. The van der Waals surface area contributed by atoms with Crippen LogP contribution in [0.2, 0.25) is 0 Å². The smallest absolute Gasteiger partial charge is 0.223 e. The highest BCUT2D eigenvalue weighted by Crippen LogP contribution is 2.40. The summed E-state index contributed by atoms with van der Waals surface area (Å²) in [5, 5.41) is 2.93. The van der Waals surface area contributed by atoms with E-state index in [-0.39, 0.29) is 17.2 Å². The first-order valence-corrected chi connectivity index (χ1v) is 6.40. The molecule has 3 N–H and O–H groups in total. The van der Waals surface area contributed by atoms with Gasteiger partial charge in [0.2, 0.25) is 5.91 Å². The molecular weight excluding hydrogens is 220 g/mol. The Balaban J connectivity index is 2.42. The lowest BCUT2D eigenvalue weighted by molar-refractivity contribution is -0.130. The Bertz CT molecular complexity index is 276. The van der Waals surface area contributed by atoms with Gasteiger partial charge in [0.25, 0.3) is 0 Å². The minimum Gasteiger partial charge on any atom is -0.393 e. The van der Waals surface area contributed by atoms with Gasteiger partial charge < -0.3 is 11.1 Å². The van der Waals surface area contributed by atoms with Gasteiger partial charge in [-0.1, -0.05) is 38.9 Å². The molecule has 1 unspecified atom stereocenters. The zero-order chi connectivity index (χ0) is 12.2. The SMILES string of the molecule is CC1(C)CCCCC1C(=O)NCCC(N)=S. The first-order chi connectivity index (χ1) is 7.43. The van der Waals surface area contributed by atoms with E-state index >= 15 is 0 Å². The topological polar surface area (TPSA) is 55.1 Å². The molecule has 1 saturated carbocycles. The average Bonchev–Trinajstić information content (AvgIpc) is 2.16. The quantitative estimate of drug-likeness (QED) is 0.741. The van der Waals surface area contributed by atoms with Crippen LogP contribution >= 0.6 is 12.2 Å². The third-order valence-corrected chi connectivity index (χ3v) is 3.70. The van der Waals surface area contributed by atoms with Crippen LogP contribution in [0.3, 0.4) is 0 Å². The Kier molecular flexibility index (Phi) is 4.71. The number of nitrogens with one attached hydrogen (secondary N) is 1. The molecule has 1 rings (SSSR count). The molecule has 0 saturated heterocycles. The predicted octanol–water partition coefficient (Wildman–Crippen LogP) is 2.00. The van der Waals surface area contributed by atoms with Crippen LogP contribution in [0.4, 0.5) is 0 Å². The molecule has 0 heterocycles. The molecule has 1 atom stereocenters. The lowest BCUT2D eigenvalue weighted by Gasteiger charge is -2.37. The van der Waals surface area contributed by atoms with Crippen molar-refractivity contribution in [3.05, 3.63) is 0 Å². The van der Waals surface area contributed by atoms with Gasteiger partial charge in [0.1, 0.15) is 0 Å². The van der Waals surface area contributed by atoms with Crippen molar-refractivity contribution in [3.63, 3.8) is 0 Å². The maximum atomic E-state index is 12.0. The van der Waals surface area contributed by atoms with Gasteiger partial charge >= 0.3 is 0 Å². The fourth-order valence-electron chi connectivity index (χ4n) is 2.41. The van der Waals surface area contributed by atoms with E-state index in [1.165, 1.54) is 6.42 Å². The van der Waals surface area contributed by atoms with Crippen molar-refractivity contribution in [2.75, 3.05) is 6.54 Å². The molecule has 0 bridgehead atoms. The van der Waals surface area contributed by atoms with Gasteiger partial charge in [0.15, 0.2) is 0 Å². The highest BCUT2D eigenvalue weighted by molar-refractivity contribution is 7.80. The van der Waals surface area contributed by atoms with Crippen LogP contribution in [0.15, 0.2) is 0 Å². The lowest BCUT2D eigenvalue weighted by atomic mass is 9.68. The van der Waals surface area contributed by atoms with Crippen LogP contribution in [-0.4, -0.2) is 17.4 Å². The lowest BCUT2D eigenvalue weighted by Crippen LogP contribution is -2.41. The highest BCUT2D eigenvalue weighted by Gasteiger charge is 2.36. The maximum Gasteiger partial charge on any atom is 0.223 e. The molecule has 0 aromatic heterocycles. The summed E-state index contributed by atoms with van der Waals surface area (Å²) >= 11 is 4.78. The van der Waals surface area contributed by atoms with Crippen LogP contribution in [0, 0.1) is 11.3 Å². The van der Waals surface area contributed by atoms with Crippen molar-refractivity contribution in [2.45, 2.75) is 46.0 Å². The largest absolute Gasteiger partial charge is 0.393 e. The minimum absolute atomic E-state index is 0.131. The van der Waals surface area contributed by atoms with Crippen LogP contribution in [0.1, 0.15) is 46.0 Å². The molecule has 3 nitrogen and oxygen atoms in total. The Hall–Kier alpha value is -0.640. The number of carbonyl (C=O) groups is 1. The van der Waals surface area contributed by atoms with Crippen molar-refractivity contribution in [1.29, 1.82) is 0 Å². The number of nitrogens with two attached hydrogens (primary N) is 1. The second-order valence-electron chi connectivity index (χ2n) is 5.29. The zero-order valence-electron chi connectivity index (χ0n) is 10.2. The third kappa shape index (κ3) is 3.74. The number of carbonyl (C=O) groups excluding carboxylic acids is 1. The summed E-state index contributed by atoms with van der Waals surface area (Å²) in [5.74, 6) is 0.313. The first kappa shape index (κ1) is 13.4. The van der Waals surface area contributed by atoms with Gasteiger partial charge in [-0.25, -0.2) is 0 Å². The van der Waals surface area contributed by atoms with E-state index < -0.39 is 0 Å². The molecule has 1 aliphatic rings. The number of amides is 1. The van der Waals surface area contributed by atoms with E-state index in [1.54, 1.807) is 0 Å². The molecule has 4 heteroatoms. The summed E-state index contributed by atoms with van der Waals surface area (Å²) in [7, 11) is 0. The van der Waals surface area contributed by atoms with Gasteiger partial charge in [-0.15, -0.1) is 0 Å². The van der Waals surface area contributed by atoms with E-state index in [4.69, 9.17) is 18.0 Å². The van der Waals surface area contributed by atoms with Crippen molar-refractivity contribution in [1.82, 2.24) is 5.32 Å². The van der Waals surface area contributed by atoms with Gasteiger partial charge in [-0.2, -0.15) is 0 Å². The standard InChI is InChI=1S/C12H22N2OS/c1-12(2)7-4-3-5-9(12)11(15)14-8-6-10(13)16/h9H,3-8H2,1-2H3,(H2,13,16)(H,14,15). The number of hydrogen-bond donors (Lipinski definition) is 2. The summed E-state index contributed by atoms with van der Waals surface area (Å²) in [6.45, 7) is 4.94. The molecule has 16 heavy (non-hydrogen) atoms. The van der Waals surface area contributed by atoms with Crippen LogP contribution in [0.25, 0.3) is 0 Å². The molecule has 1 aliphatic carbocycles. The van der Waals surface area contributed by atoms with Gasteiger partial charge in [-0.05, 0) is 18.3 Å². The van der Waals surface area contributed by atoms with Gasteiger partial charge in [0.05, 0.1) is 4.99 Å². The van der Waals surface area contributed by atoms with Crippen molar-refractivity contribution < 1.29 is 4.79 Å². The summed E-state index contributed by atoms with van der Waals surface area (Å²) in [6.07, 6.45) is 5.14. The van der Waals surface area contributed by atoms with Crippen molar-refractivity contribution >= 4 is 23.1 Å². The Morgan fingerprint density at radius 3 is 2.75 bits per heavy atom. The van der Waals surface area contributed by atoms with E-state index in [1.807, 2.05) is 0 Å². The van der Waals surface area contributed by atoms with Crippen molar-refractivity contribution in [3.8, 4) is 0 Å².